The Morgan fingerprint density at radius 3 is 2.63 bits per heavy atom. The van der Waals surface area contributed by atoms with Crippen molar-refractivity contribution >= 4 is 11.0 Å². The summed E-state index contributed by atoms with van der Waals surface area (Å²) >= 11 is 0. The van der Waals surface area contributed by atoms with E-state index in [2.05, 4.69) is 0 Å². The number of hydrogen-bond donors (Lipinski definition) is 2. The molecule has 1 aromatic heterocycles. The van der Waals surface area contributed by atoms with Gasteiger partial charge in [0.1, 0.15) is 29.1 Å². The van der Waals surface area contributed by atoms with Gasteiger partial charge in [-0.1, -0.05) is 0 Å². The molecule has 19 heavy (non-hydrogen) atoms. The highest BCUT2D eigenvalue weighted by molar-refractivity contribution is 5.83. The molecule has 0 aliphatic carbocycles. The minimum Gasteiger partial charge on any atom is -0.485 e. The fourth-order valence-electron chi connectivity index (χ4n) is 2.43. The summed E-state index contributed by atoms with van der Waals surface area (Å²) in [7, 11) is 0. The van der Waals surface area contributed by atoms with E-state index in [1.165, 1.54) is 6.07 Å². The van der Waals surface area contributed by atoms with Crippen molar-refractivity contribution in [3.8, 4) is 5.75 Å². The number of hydrogen-bond acceptors (Lipinski definition) is 5. The highest BCUT2D eigenvalue weighted by Crippen LogP contribution is 2.42. The Kier molecular flexibility index (Phi) is 2.45. The predicted molar refractivity (Wildman–Crippen MR) is 68.2 cm³/mol. The topological polar surface area (TPSA) is 79.9 Å². The Labute approximate surface area is 109 Å². The summed E-state index contributed by atoms with van der Waals surface area (Å²) < 4.78 is 10.8. The van der Waals surface area contributed by atoms with Crippen LogP contribution >= 0.6 is 0 Å². The molecule has 100 valence electrons. The van der Waals surface area contributed by atoms with Crippen LogP contribution in [0.15, 0.2) is 33.5 Å². The lowest BCUT2D eigenvalue weighted by atomic mass is 9.87. The molecule has 0 amide bonds. The molecule has 5 nitrogen and oxygen atoms in total. The highest BCUT2D eigenvalue weighted by atomic mass is 16.5. The van der Waals surface area contributed by atoms with Crippen LogP contribution in [0.2, 0.25) is 0 Å². The molecule has 0 spiro atoms. The van der Waals surface area contributed by atoms with E-state index in [0.29, 0.717) is 22.3 Å². The number of ether oxygens (including phenoxy) is 1. The Hall–Kier alpha value is -1.85. The third kappa shape index (κ3) is 1.74. The van der Waals surface area contributed by atoms with E-state index in [-0.39, 0.29) is 0 Å². The largest absolute Gasteiger partial charge is 0.485 e. The van der Waals surface area contributed by atoms with E-state index in [9.17, 15) is 15.0 Å². The van der Waals surface area contributed by atoms with Crippen molar-refractivity contribution in [1.82, 2.24) is 0 Å². The quantitative estimate of drug-likeness (QED) is 0.701. The van der Waals surface area contributed by atoms with Crippen LogP contribution in [0.1, 0.15) is 25.5 Å². The Bertz CT molecular complexity index is 701. The monoisotopic (exact) mass is 262 g/mol. The summed E-state index contributed by atoms with van der Waals surface area (Å²) in [4.78, 5) is 11.2. The second kappa shape index (κ2) is 3.82. The molecule has 2 atom stereocenters. The van der Waals surface area contributed by atoms with Gasteiger partial charge in [0.15, 0.2) is 0 Å². The van der Waals surface area contributed by atoms with Gasteiger partial charge < -0.3 is 19.4 Å². The molecule has 2 aromatic rings. The van der Waals surface area contributed by atoms with Crippen LogP contribution < -0.4 is 10.4 Å². The molecule has 2 heterocycles. The molecule has 0 saturated carbocycles. The number of aliphatic hydroxyl groups excluding tert-OH is 2. The van der Waals surface area contributed by atoms with E-state index in [1.807, 2.05) is 0 Å². The maximum Gasteiger partial charge on any atom is 0.336 e. The minimum atomic E-state index is -1.09. The summed E-state index contributed by atoms with van der Waals surface area (Å²) in [5.41, 5.74) is -0.524. The molecule has 2 N–H and O–H groups in total. The Balaban J connectivity index is 2.31. The predicted octanol–water partition coefficient (Wildman–Crippen LogP) is 1.36. The third-order valence-electron chi connectivity index (χ3n) is 3.48. The standard InChI is InChI=1S/C14H14O5/c1-14(2)13(17)12(16)11-7-3-6-10(15)18-8(7)4-5-9(11)19-14/h3-6,12-13,16-17H,1-2H3/t12-,13-/m1/s1. The van der Waals surface area contributed by atoms with Gasteiger partial charge in [-0.2, -0.15) is 0 Å². The van der Waals surface area contributed by atoms with Crippen molar-refractivity contribution in [3.05, 3.63) is 40.2 Å². The minimum absolute atomic E-state index is 0.362. The van der Waals surface area contributed by atoms with Crippen LogP contribution in [0, 0.1) is 0 Å². The average molecular weight is 262 g/mol. The normalized spacial score (nSPS) is 24.8. The second-order valence-corrected chi connectivity index (χ2v) is 5.24. The van der Waals surface area contributed by atoms with Gasteiger partial charge in [0, 0.05) is 17.0 Å². The van der Waals surface area contributed by atoms with Crippen molar-refractivity contribution < 1.29 is 19.4 Å². The van der Waals surface area contributed by atoms with Crippen LogP contribution in [-0.4, -0.2) is 21.9 Å². The molecule has 5 heteroatoms. The van der Waals surface area contributed by atoms with Crippen molar-refractivity contribution in [2.24, 2.45) is 0 Å². The molecule has 0 fully saturated rings. The molecule has 0 radical (unpaired) electrons. The zero-order chi connectivity index (χ0) is 13.8. The van der Waals surface area contributed by atoms with Gasteiger partial charge in [-0.15, -0.1) is 0 Å². The molecular formula is C14H14O5. The Morgan fingerprint density at radius 2 is 1.89 bits per heavy atom. The highest BCUT2D eigenvalue weighted by Gasteiger charge is 2.43. The zero-order valence-electron chi connectivity index (χ0n) is 10.6. The maximum atomic E-state index is 11.2. The van der Waals surface area contributed by atoms with E-state index in [4.69, 9.17) is 9.15 Å². The lowest BCUT2D eigenvalue weighted by Gasteiger charge is -2.40. The van der Waals surface area contributed by atoms with Crippen LogP contribution in [0.3, 0.4) is 0 Å². The van der Waals surface area contributed by atoms with Crippen molar-refractivity contribution in [2.75, 3.05) is 0 Å². The molecule has 3 rings (SSSR count). The van der Waals surface area contributed by atoms with Crippen LogP contribution in [-0.2, 0) is 0 Å². The zero-order valence-corrected chi connectivity index (χ0v) is 10.6. The van der Waals surface area contributed by atoms with Gasteiger partial charge in [0.25, 0.3) is 0 Å². The fraction of sp³-hybridized carbons (Fsp3) is 0.357. The SMILES string of the molecule is CC1(C)Oc2ccc3oc(=O)ccc3c2[C@@H](O)[C@H]1O. The summed E-state index contributed by atoms with van der Waals surface area (Å²) in [5, 5.41) is 21.0. The van der Waals surface area contributed by atoms with E-state index in [0.717, 1.165) is 0 Å². The lowest BCUT2D eigenvalue weighted by Crippen LogP contribution is -2.48. The summed E-state index contributed by atoms with van der Waals surface area (Å²) in [6.45, 7) is 3.41. The van der Waals surface area contributed by atoms with Gasteiger partial charge in [-0.25, -0.2) is 4.79 Å². The van der Waals surface area contributed by atoms with Crippen LogP contribution in [0.5, 0.6) is 5.75 Å². The molecule has 0 bridgehead atoms. The molecule has 1 aliphatic heterocycles. The van der Waals surface area contributed by atoms with Gasteiger partial charge in [0.05, 0.1) is 0 Å². The first-order valence-electron chi connectivity index (χ1n) is 6.02. The third-order valence-corrected chi connectivity index (χ3v) is 3.48. The lowest BCUT2D eigenvalue weighted by molar-refractivity contribution is -0.111. The first-order valence-corrected chi connectivity index (χ1v) is 6.02. The smallest absolute Gasteiger partial charge is 0.336 e. The van der Waals surface area contributed by atoms with E-state index < -0.39 is 23.4 Å². The molecule has 1 aliphatic rings. The summed E-state index contributed by atoms with van der Waals surface area (Å²) in [6, 6.07) is 6.10. The molecule has 0 saturated heterocycles. The average Bonchev–Trinajstić information content (AvgIpc) is 2.35. The maximum absolute atomic E-state index is 11.2. The first-order chi connectivity index (χ1) is 8.90. The fourth-order valence-corrected chi connectivity index (χ4v) is 2.43. The first kappa shape index (κ1) is 12.2. The Morgan fingerprint density at radius 1 is 1.16 bits per heavy atom. The van der Waals surface area contributed by atoms with E-state index in [1.54, 1.807) is 32.0 Å². The van der Waals surface area contributed by atoms with Crippen molar-refractivity contribution in [2.45, 2.75) is 31.7 Å². The summed E-state index contributed by atoms with van der Waals surface area (Å²) in [6.07, 6.45) is -2.15. The number of benzene rings is 1. The van der Waals surface area contributed by atoms with E-state index >= 15 is 0 Å². The number of aliphatic hydroxyl groups is 2. The number of fused-ring (bicyclic) bond motifs is 3. The van der Waals surface area contributed by atoms with Gasteiger partial charge in [-0.05, 0) is 32.0 Å². The molecular weight excluding hydrogens is 248 g/mol. The second-order valence-electron chi connectivity index (χ2n) is 5.24. The van der Waals surface area contributed by atoms with Gasteiger partial charge >= 0.3 is 5.63 Å². The van der Waals surface area contributed by atoms with Crippen LogP contribution in [0.25, 0.3) is 11.0 Å². The number of rotatable bonds is 0. The van der Waals surface area contributed by atoms with Gasteiger partial charge in [0.2, 0.25) is 0 Å². The van der Waals surface area contributed by atoms with Crippen molar-refractivity contribution in [1.29, 1.82) is 0 Å². The summed E-state index contributed by atoms with van der Waals surface area (Å²) in [5.74, 6) is 0.490. The molecule has 0 unspecified atom stereocenters. The van der Waals surface area contributed by atoms with Crippen molar-refractivity contribution in [3.63, 3.8) is 0 Å². The van der Waals surface area contributed by atoms with Crippen LogP contribution in [0.4, 0.5) is 0 Å². The van der Waals surface area contributed by atoms with Gasteiger partial charge in [-0.3, -0.25) is 0 Å². The molecule has 1 aromatic carbocycles.